The van der Waals surface area contributed by atoms with Crippen LogP contribution in [-0.2, 0) is 11.2 Å². The highest BCUT2D eigenvalue weighted by molar-refractivity contribution is 5.77. The van der Waals surface area contributed by atoms with Crippen LogP contribution in [0.3, 0.4) is 0 Å². The van der Waals surface area contributed by atoms with Crippen molar-refractivity contribution in [3.8, 4) is 0 Å². The van der Waals surface area contributed by atoms with Crippen LogP contribution in [0.15, 0.2) is 48.5 Å². The molecule has 2 aliphatic rings. The van der Waals surface area contributed by atoms with Crippen molar-refractivity contribution >= 4 is 5.91 Å². The van der Waals surface area contributed by atoms with Crippen molar-refractivity contribution in [1.29, 1.82) is 0 Å². The quantitative estimate of drug-likeness (QED) is 0.861. The first kappa shape index (κ1) is 15.4. The van der Waals surface area contributed by atoms with E-state index in [2.05, 4.69) is 29.6 Å². The lowest BCUT2D eigenvalue weighted by Crippen LogP contribution is -2.30. The SMILES string of the molecule is O=C(CC1CCc2ccccc21)NC(c1ccc(F)cc1)C1CC1. The van der Waals surface area contributed by atoms with Gasteiger partial charge in [0, 0.05) is 6.42 Å². The zero-order valence-electron chi connectivity index (χ0n) is 13.7. The lowest BCUT2D eigenvalue weighted by Gasteiger charge is -2.20. The van der Waals surface area contributed by atoms with Gasteiger partial charge in [-0.15, -0.1) is 0 Å². The van der Waals surface area contributed by atoms with E-state index < -0.39 is 0 Å². The summed E-state index contributed by atoms with van der Waals surface area (Å²) < 4.78 is 13.2. The molecule has 2 aliphatic carbocycles. The minimum atomic E-state index is -0.234. The third-order valence-corrected chi connectivity index (χ3v) is 5.33. The first-order valence-electron chi connectivity index (χ1n) is 8.83. The van der Waals surface area contributed by atoms with Gasteiger partial charge in [0.05, 0.1) is 6.04 Å². The van der Waals surface area contributed by atoms with Crippen LogP contribution in [0.1, 0.15) is 54.3 Å². The van der Waals surface area contributed by atoms with E-state index >= 15 is 0 Å². The highest BCUT2D eigenvalue weighted by Crippen LogP contribution is 2.41. The highest BCUT2D eigenvalue weighted by atomic mass is 19.1. The van der Waals surface area contributed by atoms with E-state index in [1.165, 1.54) is 23.3 Å². The third kappa shape index (κ3) is 3.21. The Morgan fingerprint density at radius 3 is 2.58 bits per heavy atom. The fraction of sp³-hybridized carbons (Fsp3) is 0.381. The largest absolute Gasteiger partial charge is 0.349 e. The molecule has 0 heterocycles. The van der Waals surface area contributed by atoms with Crippen molar-refractivity contribution in [2.24, 2.45) is 5.92 Å². The zero-order valence-corrected chi connectivity index (χ0v) is 13.7. The van der Waals surface area contributed by atoms with Gasteiger partial charge >= 0.3 is 0 Å². The predicted octanol–water partition coefficient (Wildman–Crippen LogP) is 4.51. The molecule has 2 aromatic rings. The molecule has 1 N–H and O–H groups in total. The molecule has 0 aromatic heterocycles. The number of carbonyl (C=O) groups is 1. The van der Waals surface area contributed by atoms with E-state index in [-0.39, 0.29) is 17.8 Å². The maximum atomic E-state index is 13.2. The molecule has 0 radical (unpaired) electrons. The Kier molecular flexibility index (Phi) is 4.09. The summed E-state index contributed by atoms with van der Waals surface area (Å²) in [5, 5.41) is 3.21. The van der Waals surface area contributed by atoms with Gasteiger partial charge in [-0.2, -0.15) is 0 Å². The van der Waals surface area contributed by atoms with Crippen LogP contribution in [0.5, 0.6) is 0 Å². The number of hydrogen-bond acceptors (Lipinski definition) is 1. The molecular formula is C21H22FNO. The topological polar surface area (TPSA) is 29.1 Å². The minimum Gasteiger partial charge on any atom is -0.349 e. The lowest BCUT2D eigenvalue weighted by atomic mass is 9.96. The molecule has 1 fully saturated rings. The summed E-state index contributed by atoms with van der Waals surface area (Å²) in [6.07, 6.45) is 4.93. The molecule has 1 amide bonds. The molecule has 0 spiro atoms. The molecule has 0 aliphatic heterocycles. The Labute approximate surface area is 142 Å². The number of benzene rings is 2. The molecule has 0 bridgehead atoms. The lowest BCUT2D eigenvalue weighted by molar-refractivity contribution is -0.122. The molecule has 4 rings (SSSR count). The van der Waals surface area contributed by atoms with Crippen LogP contribution in [0.2, 0.25) is 0 Å². The molecule has 2 unspecified atom stereocenters. The van der Waals surface area contributed by atoms with Gasteiger partial charge in [0.2, 0.25) is 5.91 Å². The molecular weight excluding hydrogens is 301 g/mol. The van der Waals surface area contributed by atoms with Gasteiger partial charge in [0.25, 0.3) is 0 Å². The van der Waals surface area contributed by atoms with Crippen molar-refractivity contribution in [2.75, 3.05) is 0 Å². The van der Waals surface area contributed by atoms with Gasteiger partial charge in [-0.25, -0.2) is 4.39 Å². The van der Waals surface area contributed by atoms with Gasteiger partial charge in [0.1, 0.15) is 5.82 Å². The van der Waals surface area contributed by atoms with Crippen LogP contribution in [0.25, 0.3) is 0 Å². The number of aryl methyl sites for hydroxylation is 1. The second kappa shape index (κ2) is 6.39. The Balaban J connectivity index is 1.44. The fourth-order valence-electron chi connectivity index (χ4n) is 3.89. The molecule has 2 nitrogen and oxygen atoms in total. The molecule has 0 saturated heterocycles. The second-order valence-electron chi connectivity index (χ2n) is 7.07. The average molecular weight is 323 g/mol. The van der Waals surface area contributed by atoms with Crippen LogP contribution in [0.4, 0.5) is 4.39 Å². The molecule has 2 aromatic carbocycles. The number of halogens is 1. The van der Waals surface area contributed by atoms with Crippen LogP contribution < -0.4 is 5.32 Å². The van der Waals surface area contributed by atoms with Crippen molar-refractivity contribution in [2.45, 2.75) is 44.1 Å². The van der Waals surface area contributed by atoms with Gasteiger partial charge in [-0.3, -0.25) is 4.79 Å². The number of nitrogens with one attached hydrogen (secondary N) is 1. The van der Waals surface area contributed by atoms with Gasteiger partial charge in [-0.05, 0) is 66.3 Å². The Bertz CT molecular complexity index is 736. The van der Waals surface area contributed by atoms with Gasteiger partial charge in [0.15, 0.2) is 0 Å². The Morgan fingerprint density at radius 1 is 1.08 bits per heavy atom. The summed E-state index contributed by atoms with van der Waals surface area (Å²) >= 11 is 0. The summed E-state index contributed by atoms with van der Waals surface area (Å²) in [4.78, 5) is 12.6. The van der Waals surface area contributed by atoms with Crippen molar-refractivity contribution in [3.63, 3.8) is 0 Å². The fourth-order valence-corrected chi connectivity index (χ4v) is 3.89. The number of rotatable bonds is 5. The van der Waals surface area contributed by atoms with Crippen LogP contribution in [-0.4, -0.2) is 5.91 Å². The number of fused-ring (bicyclic) bond motifs is 1. The van der Waals surface area contributed by atoms with E-state index in [4.69, 9.17) is 0 Å². The highest BCUT2D eigenvalue weighted by Gasteiger charge is 2.34. The van der Waals surface area contributed by atoms with E-state index in [0.29, 0.717) is 18.3 Å². The van der Waals surface area contributed by atoms with Crippen molar-refractivity contribution in [1.82, 2.24) is 5.32 Å². The van der Waals surface area contributed by atoms with Crippen molar-refractivity contribution in [3.05, 3.63) is 71.0 Å². The molecule has 3 heteroatoms. The summed E-state index contributed by atoms with van der Waals surface area (Å²) in [6.45, 7) is 0. The van der Waals surface area contributed by atoms with Gasteiger partial charge in [-0.1, -0.05) is 36.4 Å². The number of hydrogen-bond donors (Lipinski definition) is 1. The van der Waals surface area contributed by atoms with E-state index in [0.717, 1.165) is 31.2 Å². The second-order valence-corrected chi connectivity index (χ2v) is 7.07. The summed E-state index contributed by atoms with van der Waals surface area (Å²) in [5.74, 6) is 0.699. The van der Waals surface area contributed by atoms with E-state index in [9.17, 15) is 9.18 Å². The molecule has 124 valence electrons. The van der Waals surface area contributed by atoms with Crippen LogP contribution >= 0.6 is 0 Å². The minimum absolute atomic E-state index is 0.0229. The summed E-state index contributed by atoms with van der Waals surface area (Å²) in [6, 6.07) is 15.0. The maximum absolute atomic E-state index is 13.2. The van der Waals surface area contributed by atoms with Crippen LogP contribution in [0, 0.1) is 11.7 Å². The third-order valence-electron chi connectivity index (χ3n) is 5.33. The summed E-state index contributed by atoms with van der Waals surface area (Å²) in [7, 11) is 0. The first-order chi connectivity index (χ1) is 11.7. The molecule has 2 atom stereocenters. The summed E-state index contributed by atoms with van der Waals surface area (Å²) in [5.41, 5.74) is 3.73. The monoisotopic (exact) mass is 323 g/mol. The predicted molar refractivity (Wildman–Crippen MR) is 92.1 cm³/mol. The normalized spacial score (nSPS) is 20.5. The Morgan fingerprint density at radius 2 is 1.83 bits per heavy atom. The Hall–Kier alpha value is -2.16. The number of carbonyl (C=O) groups excluding carboxylic acids is 1. The zero-order chi connectivity index (χ0) is 16.5. The average Bonchev–Trinajstić information content (AvgIpc) is 3.36. The van der Waals surface area contributed by atoms with E-state index in [1.54, 1.807) is 12.1 Å². The standard InChI is InChI=1S/C21H22FNO/c22-18-11-9-16(10-12-18)21(15-6-7-15)23-20(24)13-17-8-5-14-3-1-2-4-19(14)17/h1-4,9-12,15,17,21H,5-8,13H2,(H,23,24). The molecule has 1 saturated carbocycles. The van der Waals surface area contributed by atoms with E-state index in [1.807, 2.05) is 0 Å². The first-order valence-corrected chi connectivity index (χ1v) is 8.83. The van der Waals surface area contributed by atoms with Gasteiger partial charge < -0.3 is 5.32 Å². The number of amides is 1. The van der Waals surface area contributed by atoms with Crippen molar-refractivity contribution < 1.29 is 9.18 Å². The maximum Gasteiger partial charge on any atom is 0.221 e. The smallest absolute Gasteiger partial charge is 0.221 e. The molecule has 24 heavy (non-hydrogen) atoms.